The zero-order valence-corrected chi connectivity index (χ0v) is 11.0. The Kier molecular flexibility index (Phi) is 11.7. The van der Waals surface area contributed by atoms with Gasteiger partial charge in [0.2, 0.25) is 5.91 Å². The molecular weight excluding hydrogens is 212 g/mol. The summed E-state index contributed by atoms with van der Waals surface area (Å²) in [4.78, 5) is 13.6. The van der Waals surface area contributed by atoms with E-state index in [1.54, 1.807) is 0 Å². The second kappa shape index (κ2) is 10.2. The minimum absolute atomic E-state index is 0. The van der Waals surface area contributed by atoms with E-state index in [2.05, 4.69) is 20.8 Å². The van der Waals surface area contributed by atoms with Gasteiger partial charge in [0.25, 0.3) is 0 Å². The van der Waals surface area contributed by atoms with Crippen molar-refractivity contribution >= 4 is 18.3 Å². The normalized spacial score (nSPS) is 9.93. The smallest absolute Gasteiger partial charge is 0.224 e. The summed E-state index contributed by atoms with van der Waals surface area (Å²) in [6.07, 6.45) is 3.96. The van der Waals surface area contributed by atoms with Crippen LogP contribution in [0.5, 0.6) is 0 Å². The van der Waals surface area contributed by atoms with Crippen LogP contribution in [0, 0.1) is 0 Å². The molecule has 0 atom stereocenters. The van der Waals surface area contributed by atoms with Crippen LogP contribution >= 0.6 is 12.4 Å². The predicted octanol–water partition coefficient (Wildman–Crippen LogP) is 2.18. The van der Waals surface area contributed by atoms with E-state index in [1.807, 2.05) is 4.90 Å². The van der Waals surface area contributed by atoms with Gasteiger partial charge in [-0.3, -0.25) is 4.79 Å². The van der Waals surface area contributed by atoms with Gasteiger partial charge in [-0.15, -0.1) is 12.4 Å². The molecule has 92 valence electrons. The van der Waals surface area contributed by atoms with Gasteiger partial charge in [-0.05, 0) is 20.3 Å². The highest BCUT2D eigenvalue weighted by Gasteiger charge is 2.14. The third kappa shape index (κ3) is 7.63. The maximum Gasteiger partial charge on any atom is 0.224 e. The number of rotatable bonds is 7. The highest BCUT2D eigenvalue weighted by atomic mass is 35.5. The molecule has 0 aromatic heterocycles. The number of hydrogen-bond donors (Lipinski definition) is 1. The lowest BCUT2D eigenvalue weighted by molar-refractivity contribution is -0.132. The highest BCUT2D eigenvalue weighted by molar-refractivity contribution is 5.85. The molecule has 15 heavy (non-hydrogen) atoms. The van der Waals surface area contributed by atoms with Crippen LogP contribution in [0.25, 0.3) is 0 Å². The fourth-order valence-electron chi connectivity index (χ4n) is 1.47. The van der Waals surface area contributed by atoms with Crippen molar-refractivity contribution in [2.45, 2.75) is 52.5 Å². The number of carbonyl (C=O) groups excluding carboxylic acids is 1. The first-order valence-electron chi connectivity index (χ1n) is 5.63. The molecule has 4 heteroatoms. The molecule has 2 N–H and O–H groups in total. The second-order valence-corrected chi connectivity index (χ2v) is 3.93. The lowest BCUT2D eigenvalue weighted by Crippen LogP contribution is -2.38. The van der Waals surface area contributed by atoms with Gasteiger partial charge in [-0.1, -0.05) is 19.8 Å². The van der Waals surface area contributed by atoms with Gasteiger partial charge in [0.05, 0.1) is 0 Å². The van der Waals surface area contributed by atoms with Gasteiger partial charge in [0.15, 0.2) is 0 Å². The lowest BCUT2D eigenvalue weighted by atomic mass is 10.2. The Balaban J connectivity index is 0. The zero-order valence-electron chi connectivity index (χ0n) is 10.2. The quantitative estimate of drug-likeness (QED) is 0.689. The number of hydrogen-bond acceptors (Lipinski definition) is 2. The Morgan fingerprint density at radius 1 is 1.33 bits per heavy atom. The predicted molar refractivity (Wildman–Crippen MR) is 67.3 cm³/mol. The number of halogens is 1. The van der Waals surface area contributed by atoms with Crippen molar-refractivity contribution in [3.05, 3.63) is 0 Å². The summed E-state index contributed by atoms with van der Waals surface area (Å²) in [6.45, 7) is 7.61. The number of amides is 1. The van der Waals surface area contributed by atoms with Gasteiger partial charge < -0.3 is 10.6 Å². The highest BCUT2D eigenvalue weighted by Crippen LogP contribution is 2.05. The number of nitrogens with zero attached hydrogens (tertiary/aromatic N) is 1. The van der Waals surface area contributed by atoms with Crippen LogP contribution in [0.1, 0.15) is 46.5 Å². The van der Waals surface area contributed by atoms with Crippen molar-refractivity contribution in [1.82, 2.24) is 4.90 Å². The van der Waals surface area contributed by atoms with E-state index in [4.69, 9.17) is 5.73 Å². The molecule has 0 bridgehead atoms. The van der Waals surface area contributed by atoms with Gasteiger partial charge in [-0.25, -0.2) is 0 Å². The van der Waals surface area contributed by atoms with Crippen molar-refractivity contribution in [2.75, 3.05) is 13.1 Å². The van der Waals surface area contributed by atoms with Crippen LogP contribution in [-0.2, 0) is 4.79 Å². The Morgan fingerprint density at radius 2 is 1.93 bits per heavy atom. The molecule has 0 aliphatic carbocycles. The SMILES string of the molecule is CCCCCN(C(=O)CCN)C(C)C.Cl. The molecule has 0 heterocycles. The largest absolute Gasteiger partial charge is 0.340 e. The molecule has 0 fully saturated rings. The summed E-state index contributed by atoms with van der Waals surface area (Å²) in [5.74, 6) is 0.193. The van der Waals surface area contributed by atoms with Crippen molar-refractivity contribution in [3.63, 3.8) is 0 Å². The van der Waals surface area contributed by atoms with Crippen LogP contribution in [-0.4, -0.2) is 29.9 Å². The maximum atomic E-state index is 11.6. The molecule has 0 saturated heterocycles. The van der Waals surface area contributed by atoms with E-state index in [9.17, 15) is 4.79 Å². The first-order chi connectivity index (χ1) is 6.63. The summed E-state index contributed by atoms with van der Waals surface area (Å²) in [5.41, 5.74) is 5.37. The minimum Gasteiger partial charge on any atom is -0.340 e. The Morgan fingerprint density at radius 3 is 2.33 bits per heavy atom. The molecule has 3 nitrogen and oxygen atoms in total. The van der Waals surface area contributed by atoms with Crippen LogP contribution < -0.4 is 5.73 Å². The Bertz CT molecular complexity index is 163. The van der Waals surface area contributed by atoms with E-state index >= 15 is 0 Å². The monoisotopic (exact) mass is 236 g/mol. The molecule has 1 amide bonds. The minimum atomic E-state index is 0. The second-order valence-electron chi connectivity index (χ2n) is 3.93. The molecule has 0 aliphatic rings. The lowest BCUT2D eigenvalue weighted by Gasteiger charge is -2.26. The molecule has 0 unspecified atom stereocenters. The van der Waals surface area contributed by atoms with Crippen LogP contribution in [0.15, 0.2) is 0 Å². The van der Waals surface area contributed by atoms with E-state index in [0.29, 0.717) is 19.0 Å². The molecule has 0 spiro atoms. The summed E-state index contributed by atoms with van der Waals surface area (Å²) in [6, 6.07) is 0.297. The van der Waals surface area contributed by atoms with Crippen LogP contribution in [0.2, 0.25) is 0 Å². The van der Waals surface area contributed by atoms with Gasteiger partial charge >= 0.3 is 0 Å². The van der Waals surface area contributed by atoms with E-state index in [0.717, 1.165) is 13.0 Å². The fraction of sp³-hybridized carbons (Fsp3) is 0.909. The van der Waals surface area contributed by atoms with E-state index < -0.39 is 0 Å². The van der Waals surface area contributed by atoms with Gasteiger partial charge in [0.1, 0.15) is 0 Å². The van der Waals surface area contributed by atoms with Crippen LogP contribution in [0.4, 0.5) is 0 Å². The summed E-state index contributed by atoms with van der Waals surface area (Å²) in [7, 11) is 0. The molecule has 0 aromatic rings. The van der Waals surface area contributed by atoms with Crippen molar-refractivity contribution in [2.24, 2.45) is 5.73 Å². The molecular formula is C11H25ClN2O. The summed E-state index contributed by atoms with van der Waals surface area (Å²) >= 11 is 0. The van der Waals surface area contributed by atoms with Gasteiger partial charge in [0, 0.05) is 25.6 Å². The average Bonchev–Trinajstić information content (AvgIpc) is 2.12. The number of unbranched alkanes of at least 4 members (excludes halogenated alkanes) is 2. The maximum absolute atomic E-state index is 11.6. The molecule has 0 aromatic carbocycles. The first-order valence-corrected chi connectivity index (χ1v) is 5.63. The third-order valence-corrected chi connectivity index (χ3v) is 2.30. The van der Waals surface area contributed by atoms with Gasteiger partial charge in [-0.2, -0.15) is 0 Å². The number of nitrogens with two attached hydrogens (primary N) is 1. The zero-order chi connectivity index (χ0) is 11.0. The average molecular weight is 237 g/mol. The van der Waals surface area contributed by atoms with Crippen LogP contribution in [0.3, 0.4) is 0 Å². The fourth-order valence-corrected chi connectivity index (χ4v) is 1.47. The Labute approximate surface area is 99.8 Å². The topological polar surface area (TPSA) is 46.3 Å². The number of carbonyl (C=O) groups is 1. The van der Waals surface area contributed by atoms with Crippen molar-refractivity contribution in [1.29, 1.82) is 0 Å². The third-order valence-electron chi connectivity index (χ3n) is 2.30. The van der Waals surface area contributed by atoms with E-state index in [1.165, 1.54) is 12.8 Å². The molecule has 0 aliphatic heterocycles. The first kappa shape index (κ1) is 17.1. The summed E-state index contributed by atoms with van der Waals surface area (Å²) in [5, 5.41) is 0. The van der Waals surface area contributed by atoms with E-state index in [-0.39, 0.29) is 18.3 Å². The molecule has 0 rings (SSSR count). The summed E-state index contributed by atoms with van der Waals surface area (Å²) < 4.78 is 0. The van der Waals surface area contributed by atoms with Crippen molar-refractivity contribution in [3.8, 4) is 0 Å². The standard InChI is InChI=1S/C11H24N2O.ClH/c1-4-5-6-9-13(10(2)3)11(14)7-8-12;/h10H,4-9,12H2,1-3H3;1H. The van der Waals surface area contributed by atoms with Crippen molar-refractivity contribution < 1.29 is 4.79 Å². The Hall–Kier alpha value is -0.280. The molecule has 0 radical (unpaired) electrons. The molecule has 0 saturated carbocycles.